The minimum absolute atomic E-state index is 0.0243. The van der Waals surface area contributed by atoms with Crippen LogP contribution in [-0.4, -0.2) is 14.5 Å². The number of aromatic nitrogens is 1. The van der Waals surface area contributed by atoms with E-state index in [0.29, 0.717) is 15.3 Å². The third-order valence-electron chi connectivity index (χ3n) is 11.7. The molecule has 3 nitrogen and oxygen atoms in total. The molecule has 3 aliphatic carbocycles. The van der Waals surface area contributed by atoms with E-state index in [9.17, 15) is 0 Å². The van der Waals surface area contributed by atoms with Gasteiger partial charge in [0, 0.05) is 32.0 Å². The average molecular weight is 684 g/mol. The SMILES string of the molecule is CC(C)c1nc2c(c3c1C(c1ccc(C(C)(C)C)cc1)OC31CCCC1I)C(OC(C)(C)C(C)(C)C)CC1(CCC1)C2. The molecular formula is C38H54INO2. The molecule has 4 heteroatoms. The molecule has 2 aromatic rings. The van der Waals surface area contributed by atoms with Gasteiger partial charge in [-0.1, -0.05) is 109 Å². The Morgan fingerprint density at radius 1 is 0.929 bits per heavy atom. The number of hydrogen-bond acceptors (Lipinski definition) is 3. The molecule has 2 spiro atoms. The van der Waals surface area contributed by atoms with Crippen LogP contribution in [0, 0.1) is 10.8 Å². The van der Waals surface area contributed by atoms with E-state index in [1.807, 2.05) is 0 Å². The van der Waals surface area contributed by atoms with Crippen LogP contribution in [0.4, 0.5) is 0 Å². The van der Waals surface area contributed by atoms with Crippen molar-refractivity contribution in [3.05, 3.63) is 63.5 Å². The topological polar surface area (TPSA) is 31.4 Å². The summed E-state index contributed by atoms with van der Waals surface area (Å²) < 4.78 is 15.3. The summed E-state index contributed by atoms with van der Waals surface area (Å²) >= 11 is 2.72. The van der Waals surface area contributed by atoms with Crippen LogP contribution >= 0.6 is 22.6 Å². The monoisotopic (exact) mass is 683 g/mol. The zero-order valence-corrected chi connectivity index (χ0v) is 30.1. The first kappa shape index (κ1) is 31.0. The summed E-state index contributed by atoms with van der Waals surface area (Å²) in [5.41, 5.74) is 9.39. The van der Waals surface area contributed by atoms with Crippen molar-refractivity contribution >= 4 is 22.6 Å². The number of halogens is 1. The molecule has 0 amide bonds. The van der Waals surface area contributed by atoms with Crippen molar-refractivity contribution in [3.8, 4) is 0 Å². The summed E-state index contributed by atoms with van der Waals surface area (Å²) in [6.07, 6.45) is 9.61. The van der Waals surface area contributed by atoms with Gasteiger partial charge in [-0.25, -0.2) is 0 Å². The summed E-state index contributed by atoms with van der Waals surface area (Å²) in [6, 6.07) is 9.29. The Morgan fingerprint density at radius 3 is 2.10 bits per heavy atom. The fraction of sp³-hybridized carbons (Fsp3) is 0.711. The van der Waals surface area contributed by atoms with Gasteiger partial charge in [-0.15, -0.1) is 0 Å². The molecule has 4 atom stereocenters. The molecule has 2 heterocycles. The van der Waals surface area contributed by atoms with Gasteiger partial charge in [0.1, 0.15) is 11.7 Å². The van der Waals surface area contributed by atoms with Gasteiger partial charge < -0.3 is 9.47 Å². The lowest BCUT2D eigenvalue weighted by atomic mass is 9.58. The second-order valence-electron chi connectivity index (χ2n) is 17.0. The Kier molecular flexibility index (Phi) is 7.59. The molecule has 1 aliphatic heterocycles. The molecule has 1 aromatic heterocycles. The van der Waals surface area contributed by atoms with Crippen LogP contribution in [0.25, 0.3) is 0 Å². The molecule has 2 fully saturated rings. The van der Waals surface area contributed by atoms with Crippen molar-refractivity contribution in [1.82, 2.24) is 4.98 Å². The number of pyridine rings is 1. The molecule has 0 saturated heterocycles. The molecule has 42 heavy (non-hydrogen) atoms. The molecule has 0 bridgehead atoms. The second-order valence-corrected chi connectivity index (χ2v) is 18.5. The zero-order valence-electron chi connectivity index (χ0n) is 27.9. The fourth-order valence-corrected chi connectivity index (χ4v) is 9.22. The summed E-state index contributed by atoms with van der Waals surface area (Å²) in [6.45, 7) is 23.1. The van der Waals surface area contributed by atoms with Crippen molar-refractivity contribution in [3.63, 3.8) is 0 Å². The largest absolute Gasteiger partial charge is 0.367 e. The fourth-order valence-electron chi connectivity index (χ4n) is 8.01. The van der Waals surface area contributed by atoms with Crippen molar-refractivity contribution in [1.29, 1.82) is 0 Å². The van der Waals surface area contributed by atoms with E-state index in [2.05, 4.69) is 116 Å². The second kappa shape index (κ2) is 10.3. The van der Waals surface area contributed by atoms with Crippen LogP contribution in [-0.2, 0) is 26.9 Å². The van der Waals surface area contributed by atoms with Gasteiger partial charge in [-0.05, 0) is 92.1 Å². The van der Waals surface area contributed by atoms with Crippen molar-refractivity contribution in [2.75, 3.05) is 0 Å². The van der Waals surface area contributed by atoms with Gasteiger partial charge in [-0.3, -0.25) is 4.98 Å². The lowest BCUT2D eigenvalue weighted by Crippen LogP contribution is -2.46. The van der Waals surface area contributed by atoms with Crippen LogP contribution in [0.2, 0.25) is 0 Å². The molecule has 1 aromatic carbocycles. The van der Waals surface area contributed by atoms with E-state index in [1.165, 1.54) is 71.3 Å². The van der Waals surface area contributed by atoms with Crippen LogP contribution < -0.4 is 0 Å². The number of fused-ring (bicyclic) bond motifs is 4. The molecule has 0 radical (unpaired) electrons. The van der Waals surface area contributed by atoms with Crippen LogP contribution in [0.1, 0.15) is 172 Å². The van der Waals surface area contributed by atoms with Crippen molar-refractivity contribution in [2.24, 2.45) is 10.8 Å². The highest BCUT2D eigenvalue weighted by Gasteiger charge is 2.58. The number of rotatable bonds is 4. The van der Waals surface area contributed by atoms with Gasteiger partial charge in [0.25, 0.3) is 0 Å². The van der Waals surface area contributed by atoms with Gasteiger partial charge in [0.05, 0.1) is 11.7 Å². The Bertz CT molecular complexity index is 1340. The molecule has 6 rings (SSSR count). The van der Waals surface area contributed by atoms with E-state index in [-0.39, 0.29) is 34.2 Å². The molecule has 4 unspecified atom stereocenters. The summed E-state index contributed by atoms with van der Waals surface area (Å²) in [5, 5.41) is 0. The van der Waals surface area contributed by atoms with Crippen LogP contribution in [0.5, 0.6) is 0 Å². The third kappa shape index (κ3) is 4.92. The highest BCUT2D eigenvalue weighted by molar-refractivity contribution is 14.1. The van der Waals surface area contributed by atoms with Crippen molar-refractivity contribution in [2.45, 2.75) is 159 Å². The highest BCUT2D eigenvalue weighted by atomic mass is 127. The minimum Gasteiger partial charge on any atom is -0.367 e. The van der Waals surface area contributed by atoms with E-state index >= 15 is 0 Å². The number of ether oxygens (including phenoxy) is 2. The number of benzene rings is 1. The van der Waals surface area contributed by atoms with Crippen LogP contribution in [0.15, 0.2) is 24.3 Å². The molecule has 2 saturated carbocycles. The predicted octanol–water partition coefficient (Wildman–Crippen LogP) is 10.8. The smallest absolute Gasteiger partial charge is 0.111 e. The quantitative estimate of drug-likeness (QED) is 0.237. The number of nitrogens with zero attached hydrogens (tertiary/aromatic N) is 1. The third-order valence-corrected chi connectivity index (χ3v) is 13.3. The standard InChI is InChI=1S/C38H54INO2/c1-23(2)32-30-31(29-26(40-32)21-37(18-12-19-37)22-27(29)41-36(9,10)35(6,7)8)38(20-11-13-28(38)39)42-33(30)24-14-16-25(17-15-24)34(3,4)5/h14-17,23,27-28,33H,11-13,18-22H2,1-10H3. The van der Waals surface area contributed by atoms with Gasteiger partial charge in [0.2, 0.25) is 0 Å². The van der Waals surface area contributed by atoms with Gasteiger partial charge in [0.15, 0.2) is 0 Å². The summed E-state index contributed by atoms with van der Waals surface area (Å²) in [7, 11) is 0. The van der Waals surface area contributed by atoms with E-state index in [1.54, 1.807) is 0 Å². The molecule has 0 N–H and O–H groups in total. The minimum atomic E-state index is -0.280. The van der Waals surface area contributed by atoms with Crippen LogP contribution in [0.3, 0.4) is 0 Å². The Balaban J connectivity index is 1.59. The molecule has 4 aliphatic rings. The van der Waals surface area contributed by atoms with E-state index in [0.717, 1.165) is 19.3 Å². The Hall–Kier alpha value is -0.980. The maximum absolute atomic E-state index is 7.50. The average Bonchev–Trinajstić information content (AvgIpc) is 3.41. The molecule has 230 valence electrons. The van der Waals surface area contributed by atoms with E-state index in [4.69, 9.17) is 14.5 Å². The summed E-state index contributed by atoms with van der Waals surface area (Å²) in [5.74, 6) is 0.331. The van der Waals surface area contributed by atoms with Gasteiger partial charge >= 0.3 is 0 Å². The first-order valence-electron chi connectivity index (χ1n) is 16.7. The lowest BCUT2D eigenvalue weighted by Gasteiger charge is -2.51. The molecular weight excluding hydrogens is 629 g/mol. The van der Waals surface area contributed by atoms with E-state index < -0.39 is 0 Å². The highest BCUT2D eigenvalue weighted by Crippen LogP contribution is 2.63. The van der Waals surface area contributed by atoms with Crippen molar-refractivity contribution < 1.29 is 9.47 Å². The lowest BCUT2D eigenvalue weighted by molar-refractivity contribution is -0.154. The summed E-state index contributed by atoms with van der Waals surface area (Å²) in [4.78, 5) is 5.65. The normalized spacial score (nSPS) is 28.8. The first-order chi connectivity index (χ1) is 19.5. The first-order valence-corrected chi connectivity index (χ1v) is 17.9. The number of alkyl halides is 1. The number of hydrogen-bond donors (Lipinski definition) is 0. The Morgan fingerprint density at radius 2 is 1.60 bits per heavy atom. The maximum Gasteiger partial charge on any atom is 0.111 e. The zero-order chi connectivity index (χ0) is 30.5. The van der Waals surface area contributed by atoms with Gasteiger partial charge in [-0.2, -0.15) is 0 Å². The Labute approximate surface area is 269 Å². The predicted molar refractivity (Wildman–Crippen MR) is 182 cm³/mol. The maximum atomic E-state index is 7.50.